The highest BCUT2D eigenvalue weighted by Crippen LogP contribution is 2.40. The molecule has 4 heteroatoms. The minimum Gasteiger partial charge on any atom is -0.378 e. The van der Waals surface area contributed by atoms with Crippen molar-refractivity contribution in [3.63, 3.8) is 0 Å². The maximum absolute atomic E-state index is 6.26. The lowest BCUT2D eigenvalue weighted by Crippen LogP contribution is -2.33. The van der Waals surface area contributed by atoms with E-state index >= 15 is 0 Å². The van der Waals surface area contributed by atoms with Gasteiger partial charge in [0.2, 0.25) is 0 Å². The van der Waals surface area contributed by atoms with Crippen LogP contribution in [0.2, 0.25) is 5.02 Å². The molecule has 94 valence electrons. The molecule has 0 aliphatic carbocycles. The van der Waals surface area contributed by atoms with Crippen LogP contribution >= 0.6 is 39.1 Å². The molecule has 1 saturated heterocycles. The third-order valence-electron chi connectivity index (χ3n) is 3.65. The van der Waals surface area contributed by atoms with Gasteiger partial charge in [-0.2, -0.15) is 0 Å². The largest absolute Gasteiger partial charge is 0.378 e. The summed E-state index contributed by atoms with van der Waals surface area (Å²) >= 11 is 15.8. The fraction of sp³-hybridized carbons (Fsp3) is 0.538. The van der Waals surface area contributed by atoms with Crippen LogP contribution < -0.4 is 0 Å². The third-order valence-corrected chi connectivity index (χ3v) is 5.03. The summed E-state index contributed by atoms with van der Waals surface area (Å²) < 4.78 is 6.66. The molecular formula is C13H15BrCl2O. The van der Waals surface area contributed by atoms with E-state index in [1.54, 1.807) is 0 Å². The van der Waals surface area contributed by atoms with Gasteiger partial charge < -0.3 is 4.74 Å². The van der Waals surface area contributed by atoms with Gasteiger partial charge in [0.15, 0.2) is 0 Å². The van der Waals surface area contributed by atoms with Gasteiger partial charge in [-0.25, -0.2) is 0 Å². The summed E-state index contributed by atoms with van der Waals surface area (Å²) in [4.78, 5) is 0. The van der Waals surface area contributed by atoms with E-state index in [1.807, 2.05) is 12.1 Å². The molecule has 0 amide bonds. The summed E-state index contributed by atoms with van der Waals surface area (Å²) in [5, 5.41) is 0.794. The molecule has 2 unspecified atom stereocenters. The quantitative estimate of drug-likeness (QED) is 0.728. The summed E-state index contributed by atoms with van der Waals surface area (Å²) in [5.74, 6) is 0.612. The first-order chi connectivity index (χ1) is 8.07. The molecule has 1 heterocycles. The lowest BCUT2D eigenvalue weighted by Gasteiger charge is -2.30. The second-order valence-electron chi connectivity index (χ2n) is 4.67. The molecule has 17 heavy (non-hydrogen) atoms. The van der Waals surface area contributed by atoms with E-state index in [2.05, 4.69) is 28.9 Å². The SMILES string of the molecule is CC1OCCC1(CCl)Cc1ccc(Br)cc1Cl. The highest BCUT2D eigenvalue weighted by molar-refractivity contribution is 9.10. The molecule has 0 bridgehead atoms. The van der Waals surface area contributed by atoms with Crippen LogP contribution in [-0.2, 0) is 11.2 Å². The molecular weight excluding hydrogens is 323 g/mol. The lowest BCUT2D eigenvalue weighted by atomic mass is 9.78. The minimum absolute atomic E-state index is 0.0268. The zero-order valence-corrected chi connectivity index (χ0v) is 12.8. The van der Waals surface area contributed by atoms with E-state index in [1.165, 1.54) is 0 Å². The smallest absolute Gasteiger partial charge is 0.0618 e. The van der Waals surface area contributed by atoms with Crippen LogP contribution in [-0.4, -0.2) is 18.6 Å². The average Bonchev–Trinajstić information content (AvgIpc) is 2.65. The summed E-state index contributed by atoms with van der Waals surface area (Å²) in [5.41, 5.74) is 1.17. The Morgan fingerprint density at radius 3 is 2.82 bits per heavy atom. The van der Waals surface area contributed by atoms with Gasteiger partial charge in [0.1, 0.15) is 0 Å². The van der Waals surface area contributed by atoms with Crippen LogP contribution in [0.1, 0.15) is 18.9 Å². The van der Waals surface area contributed by atoms with E-state index in [4.69, 9.17) is 27.9 Å². The maximum Gasteiger partial charge on any atom is 0.0618 e. The predicted molar refractivity (Wildman–Crippen MR) is 76.0 cm³/mol. The van der Waals surface area contributed by atoms with Crippen molar-refractivity contribution in [2.24, 2.45) is 5.41 Å². The van der Waals surface area contributed by atoms with Crippen molar-refractivity contribution < 1.29 is 4.74 Å². The molecule has 2 rings (SSSR count). The molecule has 0 N–H and O–H groups in total. The lowest BCUT2D eigenvalue weighted by molar-refractivity contribution is 0.0736. The van der Waals surface area contributed by atoms with Gasteiger partial charge in [0, 0.05) is 27.4 Å². The Hall–Kier alpha value is 0.240. The van der Waals surface area contributed by atoms with Crippen molar-refractivity contribution >= 4 is 39.1 Å². The number of alkyl halides is 1. The minimum atomic E-state index is 0.0268. The first kappa shape index (κ1) is 13.7. The van der Waals surface area contributed by atoms with Crippen molar-refractivity contribution in [2.45, 2.75) is 25.9 Å². The molecule has 2 atom stereocenters. The first-order valence-corrected chi connectivity index (χ1v) is 7.39. The normalized spacial score (nSPS) is 28.6. The van der Waals surface area contributed by atoms with Crippen LogP contribution in [0.4, 0.5) is 0 Å². The highest BCUT2D eigenvalue weighted by Gasteiger charge is 2.41. The van der Waals surface area contributed by atoms with Gasteiger partial charge in [-0.05, 0) is 37.5 Å². The van der Waals surface area contributed by atoms with Crippen LogP contribution in [0.15, 0.2) is 22.7 Å². The second kappa shape index (κ2) is 5.48. The summed E-state index contributed by atoms with van der Waals surface area (Å²) in [6.45, 7) is 2.89. The van der Waals surface area contributed by atoms with Gasteiger partial charge in [-0.1, -0.05) is 33.6 Å². The molecule has 1 aliphatic rings. The summed E-state index contributed by atoms with van der Waals surface area (Å²) in [6.07, 6.45) is 2.08. The van der Waals surface area contributed by atoms with Gasteiger partial charge in [0.25, 0.3) is 0 Å². The first-order valence-electron chi connectivity index (χ1n) is 5.69. The Morgan fingerprint density at radius 1 is 1.53 bits per heavy atom. The van der Waals surface area contributed by atoms with Crippen molar-refractivity contribution in [2.75, 3.05) is 12.5 Å². The number of rotatable bonds is 3. The van der Waals surface area contributed by atoms with Gasteiger partial charge >= 0.3 is 0 Å². The van der Waals surface area contributed by atoms with Crippen LogP contribution in [0, 0.1) is 5.41 Å². The Balaban J connectivity index is 2.24. The topological polar surface area (TPSA) is 9.23 Å². The van der Waals surface area contributed by atoms with Gasteiger partial charge in [-0.15, -0.1) is 11.6 Å². The third kappa shape index (κ3) is 2.81. The Kier molecular flexibility index (Phi) is 4.40. The number of benzene rings is 1. The molecule has 1 aromatic carbocycles. The standard InChI is InChI=1S/C13H15BrCl2O/c1-9-13(8-15,4-5-17-9)7-10-2-3-11(14)6-12(10)16/h2-3,6,9H,4-5,7-8H2,1H3. The maximum atomic E-state index is 6.26. The molecule has 1 aliphatic heterocycles. The van der Waals surface area contributed by atoms with Crippen molar-refractivity contribution in [1.29, 1.82) is 0 Å². The van der Waals surface area contributed by atoms with E-state index in [-0.39, 0.29) is 11.5 Å². The zero-order valence-electron chi connectivity index (χ0n) is 9.68. The predicted octanol–water partition coefficient (Wildman–Crippen LogP) is 4.68. The molecule has 1 nitrogen and oxygen atoms in total. The van der Waals surface area contributed by atoms with Crippen LogP contribution in [0.25, 0.3) is 0 Å². The monoisotopic (exact) mass is 336 g/mol. The Bertz CT molecular complexity index is 410. The van der Waals surface area contributed by atoms with Crippen molar-refractivity contribution in [3.05, 3.63) is 33.3 Å². The van der Waals surface area contributed by atoms with Crippen LogP contribution in [0.3, 0.4) is 0 Å². The molecule has 1 fully saturated rings. The molecule has 0 radical (unpaired) electrons. The van der Waals surface area contributed by atoms with Crippen molar-refractivity contribution in [1.82, 2.24) is 0 Å². The van der Waals surface area contributed by atoms with E-state index in [0.717, 1.165) is 34.5 Å². The second-order valence-corrected chi connectivity index (χ2v) is 6.26. The van der Waals surface area contributed by atoms with Gasteiger partial charge in [-0.3, -0.25) is 0 Å². The van der Waals surface area contributed by atoms with Gasteiger partial charge in [0.05, 0.1) is 6.10 Å². The fourth-order valence-electron chi connectivity index (χ4n) is 2.32. The average molecular weight is 338 g/mol. The number of hydrogen-bond donors (Lipinski definition) is 0. The number of hydrogen-bond acceptors (Lipinski definition) is 1. The van der Waals surface area contributed by atoms with E-state index in [9.17, 15) is 0 Å². The highest BCUT2D eigenvalue weighted by atomic mass is 79.9. The van der Waals surface area contributed by atoms with Crippen LogP contribution in [0.5, 0.6) is 0 Å². The summed E-state index contributed by atoms with van der Waals surface area (Å²) in [7, 11) is 0. The van der Waals surface area contributed by atoms with E-state index in [0.29, 0.717) is 5.88 Å². The fourth-order valence-corrected chi connectivity index (χ4v) is 3.50. The van der Waals surface area contributed by atoms with Crippen molar-refractivity contribution in [3.8, 4) is 0 Å². The molecule has 0 aromatic heterocycles. The Labute approximate surface area is 121 Å². The molecule has 0 saturated carbocycles. The number of halogens is 3. The summed E-state index contributed by atoms with van der Waals surface area (Å²) in [6, 6.07) is 6.01. The molecule has 0 spiro atoms. The van der Waals surface area contributed by atoms with E-state index < -0.39 is 0 Å². The zero-order chi connectivity index (χ0) is 12.5. The number of ether oxygens (including phenoxy) is 1. The Morgan fingerprint density at radius 2 is 2.29 bits per heavy atom. The molecule has 1 aromatic rings.